The average Bonchev–Trinajstić information content (AvgIpc) is 2.68. The molecule has 0 bridgehead atoms. The fourth-order valence-corrected chi connectivity index (χ4v) is 2.35. The van der Waals surface area contributed by atoms with Crippen molar-refractivity contribution in [1.29, 1.82) is 0 Å². The number of hydrogen-bond donors (Lipinski definition) is 2. The van der Waals surface area contributed by atoms with Gasteiger partial charge in [0.25, 0.3) is 0 Å². The number of aromatic nitrogens is 2. The minimum Gasteiger partial charge on any atom is -0.465 e. The Balaban J connectivity index is 1.63. The summed E-state index contributed by atoms with van der Waals surface area (Å²) in [5.74, 6) is 0.842. The summed E-state index contributed by atoms with van der Waals surface area (Å²) in [6, 6.07) is 17.1. The van der Waals surface area contributed by atoms with Crippen molar-refractivity contribution >= 4 is 23.4 Å². The van der Waals surface area contributed by atoms with E-state index in [2.05, 4.69) is 56.5 Å². The number of benzene rings is 2. The Hall–Kier alpha value is -3.41. The van der Waals surface area contributed by atoms with E-state index in [9.17, 15) is 4.79 Å². The molecule has 0 saturated carbocycles. The number of carbonyl (C=O) groups is 1. The van der Waals surface area contributed by atoms with E-state index < -0.39 is 0 Å². The molecule has 132 valence electrons. The number of nitrogens with zero attached hydrogens (tertiary/aromatic N) is 2. The number of rotatable bonds is 6. The normalized spacial score (nSPS) is 10.2. The van der Waals surface area contributed by atoms with Crippen molar-refractivity contribution in [1.82, 2.24) is 9.97 Å². The van der Waals surface area contributed by atoms with Crippen LogP contribution in [0, 0.1) is 6.92 Å². The van der Waals surface area contributed by atoms with Gasteiger partial charge in [0, 0.05) is 18.4 Å². The zero-order chi connectivity index (χ0) is 18.4. The van der Waals surface area contributed by atoms with Crippen LogP contribution in [0.4, 0.5) is 17.5 Å². The minimum absolute atomic E-state index is 0.366. The van der Waals surface area contributed by atoms with Crippen LogP contribution in [0.3, 0.4) is 0 Å². The van der Waals surface area contributed by atoms with Gasteiger partial charge in [-0.1, -0.05) is 29.8 Å². The van der Waals surface area contributed by atoms with Gasteiger partial charge in [-0.25, -0.2) is 9.78 Å². The second-order valence-corrected chi connectivity index (χ2v) is 5.80. The number of nitrogens with one attached hydrogen (secondary N) is 2. The van der Waals surface area contributed by atoms with E-state index in [1.54, 1.807) is 30.5 Å². The van der Waals surface area contributed by atoms with Gasteiger partial charge in [-0.15, -0.1) is 0 Å². The van der Waals surface area contributed by atoms with Crippen LogP contribution in [0.2, 0.25) is 0 Å². The van der Waals surface area contributed by atoms with Gasteiger partial charge in [-0.2, -0.15) is 4.98 Å². The predicted octanol–water partition coefficient (Wildman–Crippen LogP) is 3.93. The van der Waals surface area contributed by atoms with Crippen molar-refractivity contribution in [3.63, 3.8) is 0 Å². The number of ether oxygens (including phenoxy) is 1. The minimum atomic E-state index is -0.366. The quantitative estimate of drug-likeness (QED) is 0.658. The zero-order valence-electron chi connectivity index (χ0n) is 14.7. The van der Waals surface area contributed by atoms with Gasteiger partial charge in [-0.3, -0.25) is 0 Å². The Morgan fingerprint density at radius 2 is 1.77 bits per heavy atom. The monoisotopic (exact) mass is 348 g/mol. The third-order valence-corrected chi connectivity index (χ3v) is 3.81. The van der Waals surface area contributed by atoms with Crippen LogP contribution in [-0.4, -0.2) is 23.0 Å². The van der Waals surface area contributed by atoms with E-state index in [0.717, 1.165) is 11.5 Å². The van der Waals surface area contributed by atoms with E-state index in [-0.39, 0.29) is 5.97 Å². The second-order valence-electron chi connectivity index (χ2n) is 5.80. The molecular formula is C20H20N4O2. The molecule has 0 saturated heterocycles. The molecule has 1 aromatic heterocycles. The topological polar surface area (TPSA) is 76.1 Å². The average molecular weight is 348 g/mol. The second kappa shape index (κ2) is 8.11. The van der Waals surface area contributed by atoms with Crippen molar-refractivity contribution in [3.05, 3.63) is 77.5 Å². The van der Waals surface area contributed by atoms with E-state index in [1.807, 2.05) is 6.07 Å². The highest BCUT2D eigenvalue weighted by Gasteiger charge is 2.05. The number of anilines is 3. The lowest BCUT2D eigenvalue weighted by atomic mass is 10.1. The molecule has 0 spiro atoms. The maximum absolute atomic E-state index is 11.5. The van der Waals surface area contributed by atoms with E-state index in [4.69, 9.17) is 0 Å². The van der Waals surface area contributed by atoms with Crippen LogP contribution in [0.1, 0.15) is 21.5 Å². The Morgan fingerprint density at radius 1 is 1.04 bits per heavy atom. The van der Waals surface area contributed by atoms with Crippen LogP contribution in [0.15, 0.2) is 60.8 Å². The molecule has 2 N–H and O–H groups in total. The summed E-state index contributed by atoms with van der Waals surface area (Å²) in [6.07, 6.45) is 1.69. The molecule has 0 unspecified atom stereocenters. The van der Waals surface area contributed by atoms with E-state index in [0.29, 0.717) is 18.1 Å². The lowest BCUT2D eigenvalue weighted by molar-refractivity contribution is 0.0601. The van der Waals surface area contributed by atoms with Gasteiger partial charge in [0.2, 0.25) is 5.95 Å². The molecule has 0 amide bonds. The first-order valence-corrected chi connectivity index (χ1v) is 8.22. The zero-order valence-corrected chi connectivity index (χ0v) is 14.7. The Labute approximate surface area is 152 Å². The molecular weight excluding hydrogens is 328 g/mol. The molecule has 0 atom stereocenters. The fourth-order valence-electron chi connectivity index (χ4n) is 2.35. The summed E-state index contributed by atoms with van der Waals surface area (Å²) in [4.78, 5) is 20.1. The summed E-state index contributed by atoms with van der Waals surface area (Å²) in [5.41, 5.74) is 3.70. The summed E-state index contributed by atoms with van der Waals surface area (Å²) >= 11 is 0. The van der Waals surface area contributed by atoms with Crippen molar-refractivity contribution in [3.8, 4) is 0 Å². The molecule has 26 heavy (non-hydrogen) atoms. The van der Waals surface area contributed by atoms with Crippen molar-refractivity contribution in [2.75, 3.05) is 17.7 Å². The van der Waals surface area contributed by atoms with Gasteiger partial charge in [0.05, 0.1) is 12.7 Å². The Kier molecular flexibility index (Phi) is 5.43. The van der Waals surface area contributed by atoms with Gasteiger partial charge < -0.3 is 15.4 Å². The highest BCUT2D eigenvalue weighted by molar-refractivity contribution is 5.89. The van der Waals surface area contributed by atoms with Gasteiger partial charge >= 0.3 is 5.97 Å². The van der Waals surface area contributed by atoms with Crippen LogP contribution in [0.5, 0.6) is 0 Å². The summed E-state index contributed by atoms with van der Waals surface area (Å²) < 4.78 is 4.69. The number of esters is 1. The van der Waals surface area contributed by atoms with E-state index in [1.165, 1.54) is 18.2 Å². The summed E-state index contributed by atoms with van der Waals surface area (Å²) in [6.45, 7) is 2.75. The largest absolute Gasteiger partial charge is 0.465 e. The third-order valence-electron chi connectivity index (χ3n) is 3.81. The number of aryl methyl sites for hydroxylation is 1. The predicted molar refractivity (Wildman–Crippen MR) is 102 cm³/mol. The van der Waals surface area contributed by atoms with Gasteiger partial charge in [-0.05, 0) is 42.8 Å². The first kappa shape index (κ1) is 17.4. The molecule has 0 aliphatic heterocycles. The van der Waals surface area contributed by atoms with Crippen molar-refractivity contribution in [2.24, 2.45) is 0 Å². The number of methoxy groups -OCH3 is 1. The SMILES string of the molecule is COC(=O)c1ccc(Nc2nccc(NCc3ccc(C)cc3)n2)cc1. The lowest BCUT2D eigenvalue weighted by Gasteiger charge is -2.09. The van der Waals surface area contributed by atoms with Gasteiger partial charge in [0.1, 0.15) is 5.82 Å². The molecule has 0 aliphatic rings. The maximum Gasteiger partial charge on any atom is 0.337 e. The van der Waals surface area contributed by atoms with Crippen LogP contribution in [-0.2, 0) is 11.3 Å². The number of hydrogen-bond acceptors (Lipinski definition) is 6. The van der Waals surface area contributed by atoms with Crippen LogP contribution >= 0.6 is 0 Å². The van der Waals surface area contributed by atoms with E-state index >= 15 is 0 Å². The molecule has 3 rings (SSSR count). The highest BCUT2D eigenvalue weighted by Crippen LogP contribution is 2.16. The molecule has 0 radical (unpaired) electrons. The van der Waals surface area contributed by atoms with Gasteiger partial charge in [0.15, 0.2) is 0 Å². The standard InChI is InChI=1S/C20H20N4O2/c1-14-3-5-15(6-4-14)13-22-18-11-12-21-20(24-18)23-17-9-7-16(8-10-17)19(25)26-2/h3-12H,13H2,1-2H3,(H2,21,22,23,24). The summed E-state index contributed by atoms with van der Waals surface area (Å²) in [7, 11) is 1.36. The molecule has 3 aromatic rings. The molecule has 6 heteroatoms. The molecule has 1 heterocycles. The lowest BCUT2D eigenvalue weighted by Crippen LogP contribution is -2.04. The Bertz CT molecular complexity index is 877. The highest BCUT2D eigenvalue weighted by atomic mass is 16.5. The molecule has 0 fully saturated rings. The maximum atomic E-state index is 11.5. The Morgan fingerprint density at radius 3 is 2.46 bits per heavy atom. The first-order chi connectivity index (χ1) is 12.6. The number of carbonyl (C=O) groups excluding carboxylic acids is 1. The molecule has 2 aromatic carbocycles. The molecule has 6 nitrogen and oxygen atoms in total. The smallest absolute Gasteiger partial charge is 0.337 e. The van der Waals surface area contributed by atoms with Crippen LogP contribution in [0.25, 0.3) is 0 Å². The van der Waals surface area contributed by atoms with Crippen molar-refractivity contribution in [2.45, 2.75) is 13.5 Å². The first-order valence-electron chi connectivity index (χ1n) is 8.22. The fraction of sp³-hybridized carbons (Fsp3) is 0.150. The van der Waals surface area contributed by atoms with Crippen molar-refractivity contribution < 1.29 is 9.53 Å². The molecule has 0 aliphatic carbocycles. The third kappa shape index (κ3) is 4.57. The summed E-state index contributed by atoms with van der Waals surface area (Å²) in [5, 5.41) is 6.41. The van der Waals surface area contributed by atoms with Crippen LogP contribution < -0.4 is 10.6 Å².